The fourth-order valence-electron chi connectivity index (χ4n) is 13.0. The van der Waals surface area contributed by atoms with Crippen LogP contribution in [0.2, 0.25) is 0 Å². The number of carbonyl (C=O) groups excluding carboxylic acids is 1. The van der Waals surface area contributed by atoms with Crippen LogP contribution in [0.4, 0.5) is 0 Å². The number of hydrogen-bond donors (Lipinski definition) is 2. The first-order valence-corrected chi connectivity index (χ1v) is 20.0. The molecule has 7 rings (SSSR count). The number of morpholine rings is 1. The quantitative estimate of drug-likeness (QED) is 0.233. The van der Waals surface area contributed by atoms with E-state index in [9.17, 15) is 14.7 Å². The number of fused-ring (bicyclic) bond motifs is 7. The summed E-state index contributed by atoms with van der Waals surface area (Å²) in [7, 11) is 0. The van der Waals surface area contributed by atoms with E-state index in [-0.39, 0.29) is 33.1 Å². The molecule has 54 heavy (non-hydrogen) atoms. The van der Waals surface area contributed by atoms with E-state index in [1.807, 2.05) is 19.1 Å². The predicted octanol–water partition coefficient (Wildman–Crippen LogP) is 9.37. The second-order valence-electron chi connectivity index (χ2n) is 17.6. The molecule has 5 aliphatic carbocycles. The summed E-state index contributed by atoms with van der Waals surface area (Å²) in [5, 5.41) is 13.1. The van der Waals surface area contributed by atoms with Gasteiger partial charge in [0, 0.05) is 18.6 Å². The number of nitrogens with one attached hydrogen (secondary N) is 1. The number of carboxylic acids is 1. The van der Waals surface area contributed by atoms with Gasteiger partial charge in [0.25, 0.3) is 0 Å². The Morgan fingerprint density at radius 1 is 0.852 bits per heavy atom. The molecule has 1 amide bonds. The molecule has 8 atom stereocenters. The van der Waals surface area contributed by atoms with E-state index in [2.05, 4.69) is 96.0 Å². The third-order valence-corrected chi connectivity index (χ3v) is 15.2. The zero-order chi connectivity index (χ0) is 40.5. The Kier molecular flexibility index (Phi) is 15.1. The van der Waals surface area contributed by atoms with Gasteiger partial charge in [-0.1, -0.05) is 65.3 Å². The Balaban J connectivity index is 0.000000807. The van der Waals surface area contributed by atoms with Crippen molar-refractivity contribution in [2.24, 2.45) is 45.3 Å². The Labute approximate surface area is 328 Å². The minimum absolute atomic E-state index is 0.0154. The summed E-state index contributed by atoms with van der Waals surface area (Å²) in [6.07, 6.45) is 40.5. The Morgan fingerprint density at radius 2 is 1.46 bits per heavy atom. The van der Waals surface area contributed by atoms with Crippen molar-refractivity contribution in [1.82, 2.24) is 10.2 Å². The minimum atomic E-state index is -0.866. The van der Waals surface area contributed by atoms with Crippen molar-refractivity contribution in [3.63, 3.8) is 0 Å². The lowest BCUT2D eigenvalue weighted by molar-refractivity contribution is -0.217. The number of allylic oxidation sites excluding steroid dienone is 3. The van der Waals surface area contributed by atoms with E-state index in [0.717, 1.165) is 45.6 Å². The number of benzene rings is 1. The highest BCUT2D eigenvalue weighted by atomic mass is 16.5. The van der Waals surface area contributed by atoms with Crippen molar-refractivity contribution in [2.75, 3.05) is 32.8 Å². The molecule has 6 heteroatoms. The largest absolute Gasteiger partial charge is 0.478 e. The predicted molar refractivity (Wildman–Crippen MR) is 223 cm³/mol. The molecule has 6 aliphatic rings. The van der Waals surface area contributed by atoms with Crippen LogP contribution in [0.5, 0.6) is 0 Å². The number of aromatic carboxylic acids is 1. The highest BCUT2D eigenvalue weighted by Gasteiger charge is 2.69. The van der Waals surface area contributed by atoms with Crippen LogP contribution in [0.1, 0.15) is 122 Å². The molecule has 6 nitrogen and oxygen atoms in total. The Hall–Kier alpha value is -3.76. The van der Waals surface area contributed by atoms with Crippen LogP contribution in [0, 0.1) is 83.9 Å². The molecule has 5 fully saturated rings. The van der Waals surface area contributed by atoms with Gasteiger partial charge in [-0.2, -0.15) is 0 Å². The monoisotopic (exact) mass is 737 g/mol. The summed E-state index contributed by atoms with van der Waals surface area (Å²) in [4.78, 5) is 27.2. The number of nitrogens with zero attached hydrogens (tertiary/aromatic N) is 1. The lowest BCUT2D eigenvalue weighted by Crippen LogP contribution is -2.68. The van der Waals surface area contributed by atoms with Crippen LogP contribution in [0.3, 0.4) is 0 Å². The molecule has 0 aromatic heterocycles. The highest BCUT2D eigenvalue weighted by Crippen LogP contribution is 2.76. The summed E-state index contributed by atoms with van der Waals surface area (Å²) < 4.78 is 5.52. The van der Waals surface area contributed by atoms with Gasteiger partial charge in [0.05, 0.1) is 25.3 Å². The summed E-state index contributed by atoms with van der Waals surface area (Å²) in [6, 6.07) is 7.57. The van der Waals surface area contributed by atoms with Crippen LogP contribution >= 0.6 is 0 Å². The van der Waals surface area contributed by atoms with Gasteiger partial charge in [0.15, 0.2) is 0 Å². The van der Waals surface area contributed by atoms with Crippen LogP contribution < -0.4 is 5.32 Å². The molecular weight excluding hydrogens is 669 g/mol. The topological polar surface area (TPSA) is 78.9 Å². The van der Waals surface area contributed by atoms with E-state index in [0.29, 0.717) is 35.8 Å². The minimum Gasteiger partial charge on any atom is -0.478 e. The maximum absolute atomic E-state index is 13.5. The second-order valence-corrected chi connectivity index (χ2v) is 17.6. The summed E-state index contributed by atoms with van der Waals surface area (Å²) in [5.74, 6) is 1.90. The third kappa shape index (κ3) is 7.83. The van der Waals surface area contributed by atoms with Crippen LogP contribution in [0.15, 0.2) is 43.0 Å². The van der Waals surface area contributed by atoms with Crippen molar-refractivity contribution in [2.45, 2.75) is 111 Å². The van der Waals surface area contributed by atoms with Crippen molar-refractivity contribution in [3.8, 4) is 38.5 Å². The first kappa shape index (κ1) is 44.6. The van der Waals surface area contributed by atoms with Gasteiger partial charge in [-0.25, -0.2) is 4.79 Å². The zero-order valence-electron chi connectivity index (χ0n) is 34.2. The average molecular weight is 737 g/mol. The lowest BCUT2D eigenvalue weighted by Gasteiger charge is -2.72. The normalized spacial score (nSPS) is 35.7. The van der Waals surface area contributed by atoms with E-state index in [4.69, 9.17) is 4.74 Å². The van der Waals surface area contributed by atoms with Gasteiger partial charge in [0.1, 0.15) is 0 Å². The van der Waals surface area contributed by atoms with E-state index >= 15 is 0 Å². The Bertz CT molecular complexity index is 1530. The van der Waals surface area contributed by atoms with E-state index in [1.165, 1.54) is 56.1 Å². The molecule has 2 N–H and O–H groups in total. The average Bonchev–Trinajstić information content (AvgIpc) is 3.58. The standard InChI is InChI=1S/C39H56N2O4.C3H6.3C2H2/c1-35(2)28(26-8-10-27(11-9-26)34(43)44)14-17-36(3)31(35)15-18-38(5)32(36)13-12-29-30-7-6-16-39(30,20-19-37(29,38)4)40-33(42)25-41-21-23-45-24-22-41;1-3-2;3*1-2/h8-11,14,29-32H,6-7,12-13,15-25H2,1-5H3,(H,40,42)(H,43,44);3H,1H2,2H3;3*1-2H/t29-,30?,31?,32?,36+,37-,38-,39+;;;;/m1..../s1. The summed E-state index contributed by atoms with van der Waals surface area (Å²) in [5.41, 5.74) is 3.75. The molecule has 1 heterocycles. The number of rotatable bonds is 5. The number of carbonyl (C=O) groups is 2. The molecule has 0 bridgehead atoms. The molecule has 1 aromatic carbocycles. The number of hydrogen-bond acceptors (Lipinski definition) is 4. The SMILES string of the molecule is C#C.C#C.C#C.C=CC.CC1(C)C(c2ccc(C(=O)O)cc2)=CC[C@@]2(C)C1CC[C@]1(C)C2CC[C@@H]2C3CCC[C@]3(NC(=O)CN3CCOCC3)CC[C@]21C. The van der Waals surface area contributed by atoms with Gasteiger partial charge in [0.2, 0.25) is 5.91 Å². The Morgan fingerprint density at radius 3 is 2.06 bits per heavy atom. The molecule has 3 unspecified atom stereocenters. The van der Waals surface area contributed by atoms with Gasteiger partial charge >= 0.3 is 5.97 Å². The zero-order valence-corrected chi connectivity index (χ0v) is 34.2. The van der Waals surface area contributed by atoms with Crippen molar-refractivity contribution in [1.29, 1.82) is 0 Å². The molecular formula is C48H68N2O4. The van der Waals surface area contributed by atoms with Gasteiger partial charge in [-0.05, 0) is 133 Å². The molecule has 1 aliphatic heterocycles. The van der Waals surface area contributed by atoms with Gasteiger partial charge < -0.3 is 15.2 Å². The third-order valence-electron chi connectivity index (χ3n) is 15.2. The van der Waals surface area contributed by atoms with E-state index in [1.54, 1.807) is 18.2 Å². The molecule has 0 radical (unpaired) electrons. The maximum Gasteiger partial charge on any atom is 0.335 e. The summed E-state index contributed by atoms with van der Waals surface area (Å²) in [6.45, 7) is 21.8. The smallest absolute Gasteiger partial charge is 0.335 e. The lowest BCUT2D eigenvalue weighted by atomic mass is 9.33. The first-order valence-electron chi connectivity index (χ1n) is 20.0. The van der Waals surface area contributed by atoms with Crippen molar-refractivity contribution >= 4 is 17.4 Å². The van der Waals surface area contributed by atoms with Crippen LogP contribution in [-0.2, 0) is 9.53 Å². The van der Waals surface area contributed by atoms with Crippen LogP contribution in [-0.4, -0.2) is 60.3 Å². The van der Waals surface area contributed by atoms with Crippen molar-refractivity contribution in [3.05, 3.63) is 54.1 Å². The molecule has 4 saturated carbocycles. The van der Waals surface area contributed by atoms with Crippen LogP contribution in [0.25, 0.3) is 5.57 Å². The maximum atomic E-state index is 13.5. The second kappa shape index (κ2) is 18.2. The fraction of sp³-hybridized carbons (Fsp3) is 0.625. The molecule has 294 valence electrons. The summed E-state index contributed by atoms with van der Waals surface area (Å²) >= 11 is 0. The van der Waals surface area contributed by atoms with E-state index < -0.39 is 5.97 Å². The van der Waals surface area contributed by atoms with Gasteiger partial charge in [-0.15, -0.1) is 45.1 Å². The molecule has 1 aromatic rings. The van der Waals surface area contributed by atoms with Crippen molar-refractivity contribution < 1.29 is 19.4 Å². The fourth-order valence-corrected chi connectivity index (χ4v) is 13.0. The number of ether oxygens (including phenoxy) is 1. The van der Waals surface area contributed by atoms with Gasteiger partial charge in [-0.3, -0.25) is 9.69 Å². The number of amides is 1. The highest BCUT2D eigenvalue weighted by molar-refractivity contribution is 5.88. The molecule has 0 spiro atoms. The number of terminal acetylenes is 3. The number of carboxylic acid groups (broad SMARTS) is 1. The first-order chi connectivity index (χ1) is 25.8. The molecule has 1 saturated heterocycles.